The second-order valence-electron chi connectivity index (χ2n) is 3.71. The highest BCUT2D eigenvalue weighted by molar-refractivity contribution is 9.10. The topological polar surface area (TPSA) is 26.0 Å². The molecule has 0 radical (unpaired) electrons. The molecular weight excluding hydrogens is 341 g/mol. The van der Waals surface area contributed by atoms with Crippen LogP contribution >= 0.6 is 50.5 Å². The Morgan fingerprint density at radius 2 is 1.88 bits per heavy atom. The number of thiophene rings is 1. The first-order chi connectivity index (χ1) is 8.00. The molecule has 1 aromatic carbocycles. The van der Waals surface area contributed by atoms with Gasteiger partial charge in [-0.25, -0.2) is 0 Å². The molecule has 17 heavy (non-hydrogen) atoms. The summed E-state index contributed by atoms with van der Waals surface area (Å²) >= 11 is 17.3. The predicted octanol–water partition coefficient (Wildman–Crippen LogP) is 5.50. The van der Waals surface area contributed by atoms with Crippen LogP contribution in [0.2, 0.25) is 10.0 Å². The number of halogens is 3. The van der Waals surface area contributed by atoms with Crippen molar-refractivity contribution in [3.63, 3.8) is 0 Å². The van der Waals surface area contributed by atoms with E-state index in [-0.39, 0.29) is 6.04 Å². The molecule has 2 aromatic rings. The summed E-state index contributed by atoms with van der Waals surface area (Å²) in [7, 11) is 0. The molecule has 1 aromatic heterocycles. The Bertz CT molecular complexity index is 551. The van der Waals surface area contributed by atoms with Gasteiger partial charge in [0.2, 0.25) is 0 Å². The zero-order chi connectivity index (χ0) is 12.6. The van der Waals surface area contributed by atoms with Crippen LogP contribution < -0.4 is 5.73 Å². The lowest BCUT2D eigenvalue weighted by Gasteiger charge is -2.05. The summed E-state index contributed by atoms with van der Waals surface area (Å²) in [6.07, 6.45) is 0. The number of hydrogen-bond acceptors (Lipinski definition) is 2. The summed E-state index contributed by atoms with van der Waals surface area (Å²) in [4.78, 5) is 2.21. The van der Waals surface area contributed by atoms with Crippen LogP contribution in [-0.4, -0.2) is 0 Å². The molecule has 0 aliphatic carbocycles. The lowest BCUT2D eigenvalue weighted by molar-refractivity contribution is 0.838. The monoisotopic (exact) mass is 349 g/mol. The summed E-state index contributed by atoms with van der Waals surface area (Å²) in [6, 6.07) is 7.94. The Labute approximate surface area is 123 Å². The van der Waals surface area contributed by atoms with Gasteiger partial charge in [-0.2, -0.15) is 0 Å². The third-order valence-electron chi connectivity index (χ3n) is 2.38. The van der Waals surface area contributed by atoms with Gasteiger partial charge < -0.3 is 5.73 Å². The molecule has 0 spiro atoms. The van der Waals surface area contributed by atoms with Crippen LogP contribution in [0, 0.1) is 0 Å². The van der Waals surface area contributed by atoms with Crippen molar-refractivity contribution in [3.8, 4) is 10.4 Å². The molecule has 0 aliphatic heterocycles. The van der Waals surface area contributed by atoms with E-state index in [0.29, 0.717) is 10.0 Å². The van der Waals surface area contributed by atoms with Gasteiger partial charge in [-0.1, -0.05) is 29.3 Å². The molecular formula is C12H10BrCl2NS. The minimum Gasteiger partial charge on any atom is -0.324 e. The maximum Gasteiger partial charge on any atom is 0.0740 e. The van der Waals surface area contributed by atoms with Crippen molar-refractivity contribution in [2.24, 2.45) is 5.73 Å². The first kappa shape index (κ1) is 13.4. The summed E-state index contributed by atoms with van der Waals surface area (Å²) in [5, 5.41) is 1.11. The zero-order valence-corrected chi connectivity index (χ0v) is 12.9. The molecule has 0 aliphatic rings. The van der Waals surface area contributed by atoms with Crippen LogP contribution in [0.1, 0.15) is 17.8 Å². The molecule has 2 N–H and O–H groups in total. The second kappa shape index (κ2) is 5.29. The maximum atomic E-state index is 6.24. The zero-order valence-electron chi connectivity index (χ0n) is 9.01. The van der Waals surface area contributed by atoms with Gasteiger partial charge in [0.1, 0.15) is 0 Å². The highest BCUT2D eigenvalue weighted by atomic mass is 79.9. The van der Waals surface area contributed by atoms with Gasteiger partial charge in [0.25, 0.3) is 0 Å². The van der Waals surface area contributed by atoms with Crippen LogP contribution in [0.3, 0.4) is 0 Å². The smallest absolute Gasteiger partial charge is 0.0740 e. The number of hydrogen-bond donors (Lipinski definition) is 1. The van der Waals surface area contributed by atoms with Gasteiger partial charge in [-0.3, -0.25) is 0 Å². The molecule has 0 fully saturated rings. The van der Waals surface area contributed by atoms with Gasteiger partial charge in [0.05, 0.1) is 10.0 Å². The third kappa shape index (κ3) is 2.69. The predicted molar refractivity (Wildman–Crippen MR) is 80.1 cm³/mol. The highest BCUT2D eigenvalue weighted by Crippen LogP contribution is 2.41. The minimum absolute atomic E-state index is 0.0402. The van der Waals surface area contributed by atoms with E-state index in [4.69, 9.17) is 28.9 Å². The Kier molecular flexibility index (Phi) is 4.16. The van der Waals surface area contributed by atoms with Gasteiger partial charge in [-0.05, 0) is 41.1 Å². The van der Waals surface area contributed by atoms with E-state index in [9.17, 15) is 0 Å². The summed E-state index contributed by atoms with van der Waals surface area (Å²) in [6.45, 7) is 1.96. The highest BCUT2D eigenvalue weighted by Gasteiger charge is 2.12. The molecule has 1 unspecified atom stereocenters. The van der Waals surface area contributed by atoms with Crippen LogP contribution in [-0.2, 0) is 0 Å². The number of nitrogens with two attached hydrogens (primary N) is 1. The van der Waals surface area contributed by atoms with E-state index in [2.05, 4.69) is 15.9 Å². The molecule has 0 bridgehead atoms. The number of benzene rings is 1. The fourth-order valence-electron chi connectivity index (χ4n) is 1.46. The fraction of sp³-hybridized carbons (Fsp3) is 0.167. The first-order valence-electron chi connectivity index (χ1n) is 5.00. The average Bonchev–Trinajstić information content (AvgIpc) is 2.75. The van der Waals surface area contributed by atoms with E-state index in [1.165, 1.54) is 0 Å². The molecule has 2 rings (SSSR count). The largest absolute Gasteiger partial charge is 0.324 e. The molecule has 0 saturated carbocycles. The van der Waals surface area contributed by atoms with Gasteiger partial charge >= 0.3 is 0 Å². The Hall–Kier alpha value is -0.0600. The molecule has 5 heteroatoms. The summed E-state index contributed by atoms with van der Waals surface area (Å²) in [5.74, 6) is 0. The second-order valence-corrected chi connectivity index (χ2v) is 6.44. The van der Waals surface area contributed by atoms with E-state index >= 15 is 0 Å². The van der Waals surface area contributed by atoms with Crippen LogP contribution in [0.25, 0.3) is 10.4 Å². The fourth-order valence-corrected chi connectivity index (χ4v) is 3.38. The third-order valence-corrected chi connectivity index (χ3v) is 5.47. The molecule has 90 valence electrons. The molecule has 0 amide bonds. The Balaban J connectivity index is 2.49. The lowest BCUT2D eigenvalue weighted by atomic mass is 10.2. The van der Waals surface area contributed by atoms with E-state index in [1.807, 2.05) is 31.2 Å². The van der Waals surface area contributed by atoms with Gasteiger partial charge in [-0.15, -0.1) is 11.3 Å². The van der Waals surface area contributed by atoms with Crippen LogP contribution in [0.5, 0.6) is 0 Å². The van der Waals surface area contributed by atoms with Crippen LogP contribution in [0.4, 0.5) is 0 Å². The van der Waals surface area contributed by atoms with Crippen LogP contribution in [0.15, 0.2) is 28.7 Å². The van der Waals surface area contributed by atoms with Crippen molar-refractivity contribution in [3.05, 3.63) is 43.7 Å². The Morgan fingerprint density at radius 3 is 2.47 bits per heavy atom. The quantitative estimate of drug-likeness (QED) is 0.710. The molecule has 0 saturated heterocycles. The van der Waals surface area contributed by atoms with E-state index in [1.54, 1.807) is 11.3 Å². The summed E-state index contributed by atoms with van der Waals surface area (Å²) in [5.41, 5.74) is 6.78. The summed E-state index contributed by atoms with van der Waals surface area (Å²) < 4.78 is 0.803. The number of rotatable bonds is 2. The van der Waals surface area contributed by atoms with E-state index < -0.39 is 0 Å². The minimum atomic E-state index is 0.0402. The van der Waals surface area contributed by atoms with Crippen molar-refractivity contribution in [2.45, 2.75) is 13.0 Å². The van der Waals surface area contributed by atoms with Gasteiger partial charge in [0, 0.05) is 25.8 Å². The first-order valence-corrected chi connectivity index (χ1v) is 7.36. The maximum absolute atomic E-state index is 6.24. The van der Waals surface area contributed by atoms with Crippen molar-refractivity contribution in [1.82, 2.24) is 0 Å². The Morgan fingerprint density at radius 1 is 1.18 bits per heavy atom. The van der Waals surface area contributed by atoms with Crippen molar-refractivity contribution < 1.29 is 0 Å². The lowest BCUT2D eigenvalue weighted by Crippen LogP contribution is -2.01. The standard InChI is InChI=1S/C12H10BrCl2NS/c1-6(16)9-4-5-10(17-9)7-2-3-8(13)12(15)11(7)14/h2-6H,16H2,1H3. The van der Waals surface area contributed by atoms with Crippen molar-refractivity contribution >= 4 is 50.5 Å². The normalized spacial score (nSPS) is 12.8. The molecule has 1 heterocycles. The SMILES string of the molecule is CC(N)c1ccc(-c2ccc(Br)c(Cl)c2Cl)s1. The molecule has 1 atom stereocenters. The van der Waals surface area contributed by atoms with Gasteiger partial charge in [0.15, 0.2) is 0 Å². The van der Waals surface area contributed by atoms with Crippen molar-refractivity contribution in [1.29, 1.82) is 0 Å². The van der Waals surface area contributed by atoms with E-state index in [0.717, 1.165) is 19.8 Å². The average molecular weight is 351 g/mol. The molecule has 1 nitrogen and oxygen atoms in total. The van der Waals surface area contributed by atoms with Crippen molar-refractivity contribution in [2.75, 3.05) is 0 Å².